The highest BCUT2D eigenvalue weighted by Crippen LogP contribution is 2.15. The van der Waals surface area contributed by atoms with Crippen molar-refractivity contribution in [1.82, 2.24) is 21.7 Å². The summed E-state index contributed by atoms with van der Waals surface area (Å²) in [5, 5.41) is 20.8. The van der Waals surface area contributed by atoms with Gasteiger partial charge in [-0.1, -0.05) is 0 Å². The summed E-state index contributed by atoms with van der Waals surface area (Å²) in [5.41, 5.74) is 7.34. The van der Waals surface area contributed by atoms with Gasteiger partial charge in [-0.15, -0.1) is 0 Å². The van der Waals surface area contributed by atoms with Gasteiger partial charge in [0.1, 0.15) is 9.85 Å². The standard InChI is InChI=1S/C11H8N6O9/c18-9(5-1-3-7(25-5)16(21)22)12-14-11(20)15-13-10(19)6-2-4-8(26-6)17(23)24/h1-4H,(H,12,18)(H,13,19)(H2,14,15,20). The molecule has 2 aromatic heterocycles. The second kappa shape index (κ2) is 7.43. The fourth-order valence-electron chi connectivity index (χ4n) is 1.48. The molecule has 0 spiro atoms. The summed E-state index contributed by atoms with van der Waals surface area (Å²) < 4.78 is 9.19. The van der Waals surface area contributed by atoms with Crippen LogP contribution in [0.25, 0.3) is 0 Å². The molecule has 4 amide bonds. The number of nitrogens with zero attached hydrogens (tertiary/aromatic N) is 2. The Balaban J connectivity index is 1.79. The third-order valence-electron chi connectivity index (χ3n) is 2.57. The number of urea groups is 1. The smallest absolute Gasteiger partial charge is 0.395 e. The maximum absolute atomic E-state index is 11.6. The largest absolute Gasteiger partial charge is 0.433 e. The van der Waals surface area contributed by atoms with E-state index in [9.17, 15) is 34.6 Å². The van der Waals surface area contributed by atoms with Crippen LogP contribution < -0.4 is 21.7 Å². The first kappa shape index (κ1) is 17.9. The molecule has 2 rings (SSSR count). The monoisotopic (exact) mass is 368 g/mol. The first-order chi connectivity index (χ1) is 12.3. The topological polar surface area (TPSA) is 212 Å². The van der Waals surface area contributed by atoms with Gasteiger partial charge in [-0.25, -0.2) is 15.6 Å². The Bertz CT molecular complexity index is 814. The molecular weight excluding hydrogens is 360 g/mol. The number of amides is 4. The molecule has 2 heterocycles. The lowest BCUT2D eigenvalue weighted by atomic mass is 10.4. The molecule has 0 aliphatic rings. The van der Waals surface area contributed by atoms with Crippen LogP contribution in [0.2, 0.25) is 0 Å². The number of rotatable bonds is 4. The lowest BCUT2D eigenvalue weighted by Gasteiger charge is -2.08. The van der Waals surface area contributed by atoms with Crippen LogP contribution in [0, 0.1) is 20.2 Å². The van der Waals surface area contributed by atoms with Gasteiger partial charge < -0.3 is 8.83 Å². The number of carbonyl (C=O) groups is 3. The quantitative estimate of drug-likeness (QED) is 0.421. The maximum Gasteiger partial charge on any atom is 0.433 e. The first-order valence-corrected chi connectivity index (χ1v) is 6.43. The van der Waals surface area contributed by atoms with Crippen LogP contribution in [0.1, 0.15) is 21.1 Å². The molecule has 0 aliphatic heterocycles. The molecule has 0 bridgehead atoms. The molecule has 0 unspecified atom stereocenters. The zero-order chi connectivity index (χ0) is 19.3. The van der Waals surface area contributed by atoms with Gasteiger partial charge in [0.2, 0.25) is 11.5 Å². The van der Waals surface area contributed by atoms with E-state index in [1.54, 1.807) is 0 Å². The van der Waals surface area contributed by atoms with Gasteiger partial charge in [-0.05, 0) is 12.1 Å². The fraction of sp³-hybridized carbons (Fsp3) is 0. The van der Waals surface area contributed by atoms with Crippen molar-refractivity contribution >= 4 is 29.6 Å². The van der Waals surface area contributed by atoms with Gasteiger partial charge in [0.25, 0.3) is 0 Å². The minimum Gasteiger partial charge on any atom is -0.395 e. The Morgan fingerprint density at radius 2 is 1.12 bits per heavy atom. The van der Waals surface area contributed by atoms with Gasteiger partial charge in [-0.3, -0.25) is 40.7 Å². The highest BCUT2D eigenvalue weighted by molar-refractivity contribution is 5.94. The predicted molar refractivity (Wildman–Crippen MR) is 77.3 cm³/mol. The number of hydrogen-bond acceptors (Lipinski definition) is 9. The SMILES string of the molecule is O=C(NNC(=O)c1ccc([N+](=O)[O-])o1)NNC(=O)c1ccc([N+](=O)[O-])o1. The van der Waals surface area contributed by atoms with Gasteiger partial charge in [-0.2, -0.15) is 0 Å². The minimum absolute atomic E-state index is 0.441. The molecule has 0 saturated carbocycles. The normalized spacial score (nSPS) is 9.85. The van der Waals surface area contributed by atoms with Crippen LogP contribution in [-0.2, 0) is 0 Å². The molecule has 0 aromatic carbocycles. The highest BCUT2D eigenvalue weighted by atomic mass is 16.7. The van der Waals surface area contributed by atoms with Crippen molar-refractivity contribution in [2.75, 3.05) is 0 Å². The molecule has 15 nitrogen and oxygen atoms in total. The van der Waals surface area contributed by atoms with E-state index in [0.29, 0.717) is 0 Å². The number of hydrazine groups is 2. The number of furan rings is 2. The molecule has 2 aromatic rings. The number of nitro groups is 2. The maximum atomic E-state index is 11.6. The van der Waals surface area contributed by atoms with E-state index in [0.717, 1.165) is 24.3 Å². The molecule has 0 saturated heterocycles. The van der Waals surface area contributed by atoms with Crippen LogP contribution in [0.15, 0.2) is 33.1 Å². The van der Waals surface area contributed by atoms with Crippen LogP contribution in [0.4, 0.5) is 16.6 Å². The summed E-state index contributed by atoms with van der Waals surface area (Å²) in [6.45, 7) is 0. The van der Waals surface area contributed by atoms with Crippen molar-refractivity contribution in [2.45, 2.75) is 0 Å². The Hall–Kier alpha value is -4.43. The van der Waals surface area contributed by atoms with Gasteiger partial charge in [0, 0.05) is 0 Å². The van der Waals surface area contributed by atoms with E-state index in [-0.39, 0.29) is 0 Å². The Morgan fingerprint density at radius 1 is 0.731 bits per heavy atom. The summed E-state index contributed by atoms with van der Waals surface area (Å²) in [5.74, 6) is -4.21. The Morgan fingerprint density at radius 3 is 1.42 bits per heavy atom. The van der Waals surface area contributed by atoms with E-state index in [1.165, 1.54) is 0 Å². The van der Waals surface area contributed by atoms with Crippen molar-refractivity contribution in [2.24, 2.45) is 0 Å². The van der Waals surface area contributed by atoms with Crippen LogP contribution in [0.5, 0.6) is 0 Å². The number of nitrogens with one attached hydrogen (secondary N) is 4. The van der Waals surface area contributed by atoms with Gasteiger partial charge in [0.15, 0.2) is 0 Å². The fourth-order valence-corrected chi connectivity index (χ4v) is 1.48. The molecule has 15 heteroatoms. The molecule has 4 N–H and O–H groups in total. The number of carbonyl (C=O) groups excluding carboxylic acids is 3. The highest BCUT2D eigenvalue weighted by Gasteiger charge is 2.19. The van der Waals surface area contributed by atoms with Gasteiger partial charge >= 0.3 is 29.6 Å². The van der Waals surface area contributed by atoms with Crippen LogP contribution >= 0.6 is 0 Å². The lowest BCUT2D eigenvalue weighted by molar-refractivity contribution is -0.402. The zero-order valence-electron chi connectivity index (χ0n) is 12.4. The van der Waals surface area contributed by atoms with Crippen molar-refractivity contribution in [3.8, 4) is 0 Å². The zero-order valence-corrected chi connectivity index (χ0v) is 12.4. The number of hydrogen-bond donors (Lipinski definition) is 4. The second-order valence-electron chi connectivity index (χ2n) is 4.28. The van der Waals surface area contributed by atoms with E-state index in [1.807, 2.05) is 21.7 Å². The third kappa shape index (κ3) is 4.31. The molecule has 0 aliphatic carbocycles. The Labute approximate surface area is 141 Å². The second-order valence-corrected chi connectivity index (χ2v) is 4.28. The molecular formula is C11H8N6O9. The van der Waals surface area contributed by atoms with Crippen LogP contribution in [0.3, 0.4) is 0 Å². The summed E-state index contributed by atoms with van der Waals surface area (Å²) in [4.78, 5) is 53.7. The van der Waals surface area contributed by atoms with E-state index < -0.39 is 51.0 Å². The summed E-state index contributed by atoms with van der Waals surface area (Å²) in [6.07, 6.45) is 0. The van der Waals surface area contributed by atoms with Crippen molar-refractivity contribution in [3.63, 3.8) is 0 Å². The molecule has 0 atom stereocenters. The minimum atomic E-state index is -1.10. The first-order valence-electron chi connectivity index (χ1n) is 6.43. The average Bonchev–Trinajstić information content (AvgIpc) is 3.26. The average molecular weight is 368 g/mol. The van der Waals surface area contributed by atoms with Crippen molar-refractivity contribution < 1.29 is 33.1 Å². The molecule has 26 heavy (non-hydrogen) atoms. The summed E-state index contributed by atoms with van der Waals surface area (Å²) >= 11 is 0. The van der Waals surface area contributed by atoms with E-state index in [4.69, 9.17) is 0 Å². The summed E-state index contributed by atoms with van der Waals surface area (Å²) in [6, 6.07) is 2.81. The Kier molecular flexibility index (Phi) is 5.12. The van der Waals surface area contributed by atoms with Crippen molar-refractivity contribution in [3.05, 3.63) is 56.0 Å². The summed E-state index contributed by atoms with van der Waals surface area (Å²) in [7, 11) is 0. The molecule has 0 radical (unpaired) electrons. The van der Waals surface area contributed by atoms with Crippen molar-refractivity contribution in [1.29, 1.82) is 0 Å². The van der Waals surface area contributed by atoms with E-state index >= 15 is 0 Å². The van der Waals surface area contributed by atoms with E-state index in [2.05, 4.69) is 8.83 Å². The predicted octanol–water partition coefficient (Wildman–Crippen LogP) is -0.0220. The molecule has 0 fully saturated rings. The third-order valence-corrected chi connectivity index (χ3v) is 2.57. The van der Waals surface area contributed by atoms with Gasteiger partial charge in [0.05, 0.1) is 12.1 Å². The van der Waals surface area contributed by atoms with Crippen LogP contribution in [-0.4, -0.2) is 27.7 Å². The lowest BCUT2D eigenvalue weighted by Crippen LogP contribution is -2.52. The molecule has 136 valence electrons.